The topological polar surface area (TPSA) is 92.2 Å². The summed E-state index contributed by atoms with van der Waals surface area (Å²) < 4.78 is 36.3. The van der Waals surface area contributed by atoms with Crippen LogP contribution in [0, 0.1) is 0 Å². The maximum atomic E-state index is 13.4. The van der Waals surface area contributed by atoms with Gasteiger partial charge in [0.1, 0.15) is 6.54 Å². The third-order valence-electron chi connectivity index (χ3n) is 7.70. The fourth-order valence-electron chi connectivity index (χ4n) is 5.58. The molecule has 11 heteroatoms. The van der Waals surface area contributed by atoms with Crippen molar-refractivity contribution in [2.45, 2.75) is 24.3 Å². The SMILES string of the molecule is CN1C(=O)C(=Cc2cn(CC(=O)N3CCCC3)c3ccc(Br)cc23)c2cc(S(=O)(=O)N3CCOCC3)ccc21. The molecule has 0 N–H and O–H groups in total. The fourth-order valence-corrected chi connectivity index (χ4v) is 7.37. The molecule has 0 unspecified atom stereocenters. The van der Waals surface area contributed by atoms with Crippen molar-refractivity contribution >= 4 is 66.0 Å². The molecule has 1 aromatic heterocycles. The molecule has 0 bridgehead atoms. The molecular formula is C28H29BrN4O5S. The van der Waals surface area contributed by atoms with Crippen LogP contribution < -0.4 is 4.90 Å². The molecule has 4 heterocycles. The standard InChI is InChI=1S/C28H29BrN4O5S/c1-30-25-7-5-21(39(36,37)33-10-12-38-13-11-33)16-23(25)24(28(30)35)14-19-17-32(18-27(34)31-8-2-3-9-31)26-6-4-20(29)15-22(19)26/h4-7,14-17H,2-3,8-13,18H2,1H3. The Balaban J connectivity index is 1.42. The normalized spacial score (nSPS) is 19.4. The maximum Gasteiger partial charge on any atom is 0.258 e. The second kappa shape index (κ2) is 10.2. The number of halogens is 1. The first-order valence-electron chi connectivity index (χ1n) is 13.0. The highest BCUT2D eigenvalue weighted by Crippen LogP contribution is 2.40. The van der Waals surface area contributed by atoms with Gasteiger partial charge in [-0.3, -0.25) is 9.59 Å². The molecule has 2 fully saturated rings. The quantitative estimate of drug-likeness (QED) is 0.411. The summed E-state index contributed by atoms with van der Waals surface area (Å²) in [5.74, 6) is -0.138. The number of ether oxygens (including phenoxy) is 1. The van der Waals surface area contributed by atoms with E-state index in [0.717, 1.165) is 46.9 Å². The molecule has 0 aliphatic carbocycles. The van der Waals surface area contributed by atoms with Crippen molar-refractivity contribution < 1.29 is 22.7 Å². The summed E-state index contributed by atoms with van der Waals surface area (Å²) in [5, 5.41) is 0.895. The number of carbonyl (C=O) groups is 2. The van der Waals surface area contributed by atoms with Gasteiger partial charge in [0.15, 0.2) is 0 Å². The zero-order chi connectivity index (χ0) is 27.3. The summed E-state index contributed by atoms with van der Waals surface area (Å²) in [5.41, 5.74) is 3.31. The van der Waals surface area contributed by atoms with E-state index in [1.165, 1.54) is 9.21 Å². The first-order valence-corrected chi connectivity index (χ1v) is 15.3. The van der Waals surface area contributed by atoms with Gasteiger partial charge in [0.2, 0.25) is 15.9 Å². The molecule has 3 aliphatic heterocycles. The average molecular weight is 614 g/mol. The van der Waals surface area contributed by atoms with Crippen LogP contribution >= 0.6 is 15.9 Å². The van der Waals surface area contributed by atoms with Crippen LogP contribution in [-0.2, 0) is 30.9 Å². The van der Waals surface area contributed by atoms with Gasteiger partial charge in [-0.25, -0.2) is 8.42 Å². The van der Waals surface area contributed by atoms with Crippen molar-refractivity contribution in [3.63, 3.8) is 0 Å². The van der Waals surface area contributed by atoms with Gasteiger partial charge in [-0.15, -0.1) is 0 Å². The molecule has 0 atom stereocenters. The van der Waals surface area contributed by atoms with E-state index in [0.29, 0.717) is 43.1 Å². The second-order valence-electron chi connectivity index (χ2n) is 10.1. The number of fused-ring (bicyclic) bond motifs is 2. The van der Waals surface area contributed by atoms with Crippen LogP contribution in [0.4, 0.5) is 5.69 Å². The fraction of sp³-hybridized carbons (Fsp3) is 0.357. The summed E-state index contributed by atoms with van der Waals surface area (Å²) in [6.07, 6.45) is 5.76. The van der Waals surface area contributed by atoms with Crippen LogP contribution in [0.2, 0.25) is 0 Å². The Morgan fingerprint density at radius 3 is 2.54 bits per heavy atom. The molecule has 3 aliphatic rings. The average Bonchev–Trinajstić information content (AvgIpc) is 3.65. The Hall–Kier alpha value is -2.99. The molecule has 6 rings (SSSR count). The van der Waals surface area contributed by atoms with Crippen molar-refractivity contribution in [2.24, 2.45) is 0 Å². The number of hydrogen-bond donors (Lipinski definition) is 0. The van der Waals surface area contributed by atoms with Gasteiger partial charge < -0.3 is 19.1 Å². The molecule has 39 heavy (non-hydrogen) atoms. The van der Waals surface area contributed by atoms with Crippen LogP contribution in [0.25, 0.3) is 22.6 Å². The number of hydrogen-bond acceptors (Lipinski definition) is 5. The maximum absolute atomic E-state index is 13.4. The van der Waals surface area contributed by atoms with Crippen molar-refractivity contribution in [1.29, 1.82) is 0 Å². The Kier molecular flexibility index (Phi) is 6.86. The van der Waals surface area contributed by atoms with Gasteiger partial charge in [0, 0.05) is 71.5 Å². The zero-order valence-corrected chi connectivity index (χ0v) is 24.0. The molecule has 0 saturated carbocycles. The highest BCUT2D eigenvalue weighted by molar-refractivity contribution is 9.10. The number of rotatable bonds is 5. The number of aromatic nitrogens is 1. The Labute approximate surface area is 235 Å². The number of likely N-dealkylation sites (tertiary alicyclic amines) is 1. The lowest BCUT2D eigenvalue weighted by Gasteiger charge is -2.26. The van der Waals surface area contributed by atoms with Crippen molar-refractivity contribution in [1.82, 2.24) is 13.8 Å². The summed E-state index contributed by atoms with van der Waals surface area (Å²) in [6.45, 7) is 3.10. The number of morpholine rings is 1. The molecule has 0 radical (unpaired) electrons. The number of likely N-dealkylation sites (N-methyl/N-ethyl adjacent to an activating group) is 1. The molecule has 9 nitrogen and oxygen atoms in total. The van der Waals surface area contributed by atoms with Gasteiger partial charge in [0.05, 0.1) is 23.8 Å². The highest BCUT2D eigenvalue weighted by Gasteiger charge is 2.33. The van der Waals surface area contributed by atoms with Crippen LogP contribution in [0.5, 0.6) is 0 Å². The smallest absolute Gasteiger partial charge is 0.258 e. The summed E-state index contributed by atoms with van der Waals surface area (Å²) >= 11 is 3.55. The van der Waals surface area contributed by atoms with Crippen LogP contribution in [-0.4, -0.2) is 80.4 Å². The Bertz CT molecular complexity index is 1620. The molecular weight excluding hydrogens is 584 g/mol. The molecule has 3 aromatic rings. The number of anilines is 1. The lowest BCUT2D eigenvalue weighted by atomic mass is 10.0. The number of nitrogens with zero attached hydrogens (tertiary/aromatic N) is 4. The van der Waals surface area contributed by atoms with Crippen LogP contribution in [0.15, 0.2) is 52.0 Å². The highest BCUT2D eigenvalue weighted by atomic mass is 79.9. The van der Waals surface area contributed by atoms with Gasteiger partial charge in [-0.05, 0) is 55.3 Å². The Morgan fingerprint density at radius 1 is 1.05 bits per heavy atom. The predicted octanol–water partition coefficient (Wildman–Crippen LogP) is 3.56. The first kappa shape index (κ1) is 26.2. The van der Waals surface area contributed by atoms with E-state index < -0.39 is 10.0 Å². The zero-order valence-electron chi connectivity index (χ0n) is 21.6. The van der Waals surface area contributed by atoms with Gasteiger partial charge in [-0.2, -0.15) is 4.31 Å². The third-order valence-corrected chi connectivity index (χ3v) is 10.1. The van der Waals surface area contributed by atoms with Gasteiger partial charge in [0.25, 0.3) is 5.91 Å². The van der Waals surface area contributed by atoms with E-state index in [1.54, 1.807) is 31.3 Å². The minimum absolute atomic E-state index is 0.0755. The van der Waals surface area contributed by atoms with Crippen LogP contribution in [0.3, 0.4) is 0 Å². The largest absolute Gasteiger partial charge is 0.379 e. The minimum atomic E-state index is -3.73. The lowest BCUT2D eigenvalue weighted by Crippen LogP contribution is -2.40. The minimum Gasteiger partial charge on any atom is -0.379 e. The second-order valence-corrected chi connectivity index (χ2v) is 12.9. The van der Waals surface area contributed by atoms with Gasteiger partial charge in [-0.1, -0.05) is 15.9 Å². The first-order chi connectivity index (χ1) is 18.7. The predicted molar refractivity (Wildman–Crippen MR) is 153 cm³/mol. The van der Waals surface area contributed by atoms with Gasteiger partial charge >= 0.3 is 0 Å². The number of carbonyl (C=O) groups excluding carboxylic acids is 2. The molecule has 0 spiro atoms. The third kappa shape index (κ3) is 4.71. The molecule has 204 valence electrons. The van der Waals surface area contributed by atoms with E-state index in [9.17, 15) is 18.0 Å². The monoisotopic (exact) mass is 612 g/mol. The summed E-state index contributed by atoms with van der Waals surface area (Å²) in [6, 6.07) is 10.7. The molecule has 2 aromatic carbocycles. The molecule has 2 saturated heterocycles. The number of sulfonamides is 1. The van der Waals surface area contributed by atoms with E-state index >= 15 is 0 Å². The lowest BCUT2D eigenvalue weighted by molar-refractivity contribution is -0.130. The van der Waals surface area contributed by atoms with Crippen molar-refractivity contribution in [3.05, 3.63) is 58.2 Å². The van der Waals surface area contributed by atoms with E-state index in [-0.39, 0.29) is 23.3 Å². The summed E-state index contributed by atoms with van der Waals surface area (Å²) in [4.78, 5) is 29.9. The van der Waals surface area contributed by atoms with Crippen LogP contribution in [0.1, 0.15) is 24.0 Å². The van der Waals surface area contributed by atoms with E-state index in [4.69, 9.17) is 4.74 Å². The number of amides is 2. The summed E-state index contributed by atoms with van der Waals surface area (Å²) in [7, 11) is -2.04. The van der Waals surface area contributed by atoms with Crippen molar-refractivity contribution in [3.8, 4) is 0 Å². The van der Waals surface area contributed by atoms with E-state index in [2.05, 4.69) is 15.9 Å². The Morgan fingerprint density at radius 2 is 1.79 bits per heavy atom. The van der Waals surface area contributed by atoms with Crippen molar-refractivity contribution in [2.75, 3.05) is 51.3 Å². The molecule has 2 amide bonds. The number of benzene rings is 2. The van der Waals surface area contributed by atoms with E-state index in [1.807, 2.05) is 33.9 Å².